The van der Waals surface area contributed by atoms with Gasteiger partial charge in [0.15, 0.2) is 0 Å². The lowest BCUT2D eigenvalue weighted by Gasteiger charge is -2.02. The zero-order chi connectivity index (χ0) is 10.6. The van der Waals surface area contributed by atoms with Gasteiger partial charge in [-0.3, -0.25) is 4.79 Å². The molecule has 1 aliphatic carbocycles. The van der Waals surface area contributed by atoms with Crippen molar-refractivity contribution in [1.29, 1.82) is 0 Å². The molecule has 0 aromatic heterocycles. The molecule has 0 aromatic rings. The topological polar surface area (TPSA) is 53.2 Å². The maximum Gasteiger partial charge on any atom is 0.250 e. The monoisotopic (exact) mass is 197 g/mol. The van der Waals surface area contributed by atoms with Gasteiger partial charge in [0, 0.05) is 18.3 Å². The maximum atomic E-state index is 11.5. The second-order valence-corrected chi connectivity index (χ2v) is 3.33. The summed E-state index contributed by atoms with van der Waals surface area (Å²) in [6.07, 6.45) is 2.28. The average Bonchev–Trinajstić information content (AvgIpc) is 2.90. The van der Waals surface area contributed by atoms with Crippen molar-refractivity contribution in [3.63, 3.8) is 0 Å². The van der Waals surface area contributed by atoms with Crippen LogP contribution in [0.15, 0.2) is 11.3 Å². The minimum atomic E-state index is 0.0764. The molecule has 0 unspecified atom stereocenters. The molecule has 1 heterocycles. The Morgan fingerprint density at radius 3 is 2.50 bits per heavy atom. The van der Waals surface area contributed by atoms with Crippen LogP contribution in [0, 0.1) is 0 Å². The van der Waals surface area contributed by atoms with Gasteiger partial charge in [0.1, 0.15) is 0 Å². The first kappa shape index (κ1) is 11.0. The maximum absolute atomic E-state index is 11.5. The molecule has 0 bridgehead atoms. The van der Waals surface area contributed by atoms with E-state index in [0.717, 1.165) is 24.1 Å². The molecule has 0 spiro atoms. The van der Waals surface area contributed by atoms with E-state index in [1.54, 1.807) is 0 Å². The third kappa shape index (κ3) is 2.73. The van der Waals surface area contributed by atoms with Crippen LogP contribution >= 0.6 is 0 Å². The third-order valence-corrected chi connectivity index (χ3v) is 2.18. The van der Waals surface area contributed by atoms with Crippen LogP contribution in [0.1, 0.15) is 33.6 Å². The first-order valence-electron chi connectivity index (χ1n) is 5.27. The van der Waals surface area contributed by atoms with Crippen LogP contribution < -0.4 is 16.2 Å². The zero-order valence-electron chi connectivity index (χ0n) is 9.11. The fourth-order valence-electron chi connectivity index (χ4n) is 1.22. The van der Waals surface area contributed by atoms with Crippen molar-refractivity contribution >= 4 is 5.91 Å². The predicted molar refractivity (Wildman–Crippen MR) is 56.4 cm³/mol. The minimum Gasteiger partial charge on any atom is -0.349 e. The first-order chi connectivity index (χ1) is 6.77. The van der Waals surface area contributed by atoms with E-state index in [9.17, 15) is 4.79 Å². The summed E-state index contributed by atoms with van der Waals surface area (Å²) >= 11 is 0. The number of carbonyl (C=O) groups is 1. The van der Waals surface area contributed by atoms with E-state index in [-0.39, 0.29) is 5.91 Å². The second kappa shape index (κ2) is 5.00. The molecule has 2 rings (SSSR count). The molecule has 14 heavy (non-hydrogen) atoms. The number of amides is 1. The summed E-state index contributed by atoms with van der Waals surface area (Å²) in [4.78, 5) is 11.5. The van der Waals surface area contributed by atoms with Crippen LogP contribution in [-0.4, -0.2) is 18.5 Å². The van der Waals surface area contributed by atoms with Gasteiger partial charge in [-0.05, 0) is 19.8 Å². The van der Waals surface area contributed by atoms with Crippen LogP contribution in [-0.2, 0) is 4.79 Å². The Balaban J connectivity index is 0.000000461. The summed E-state index contributed by atoms with van der Waals surface area (Å²) in [6.45, 7) is 6.53. The molecule has 1 saturated carbocycles. The quantitative estimate of drug-likeness (QED) is 0.610. The van der Waals surface area contributed by atoms with Gasteiger partial charge < -0.3 is 10.7 Å². The Kier molecular flexibility index (Phi) is 3.95. The van der Waals surface area contributed by atoms with Gasteiger partial charge in [-0.1, -0.05) is 13.8 Å². The molecule has 0 aromatic carbocycles. The molecule has 4 nitrogen and oxygen atoms in total. The van der Waals surface area contributed by atoms with E-state index in [1.165, 1.54) is 0 Å². The van der Waals surface area contributed by atoms with Gasteiger partial charge >= 0.3 is 0 Å². The first-order valence-corrected chi connectivity index (χ1v) is 5.27. The smallest absolute Gasteiger partial charge is 0.250 e. The number of carbonyl (C=O) groups excluding carboxylic acids is 1. The van der Waals surface area contributed by atoms with Crippen LogP contribution in [0.25, 0.3) is 0 Å². The number of nitrogens with one attached hydrogen (secondary N) is 3. The SMILES string of the molecule is CC.CC1=C(C(=O)NC2CC2)CNN1. The molecule has 0 saturated heterocycles. The van der Waals surface area contributed by atoms with E-state index in [1.807, 2.05) is 20.8 Å². The van der Waals surface area contributed by atoms with Gasteiger partial charge in [0.2, 0.25) is 0 Å². The van der Waals surface area contributed by atoms with Crippen molar-refractivity contribution < 1.29 is 4.79 Å². The van der Waals surface area contributed by atoms with Crippen LogP contribution in [0.5, 0.6) is 0 Å². The van der Waals surface area contributed by atoms with Crippen LogP contribution in [0.2, 0.25) is 0 Å². The summed E-state index contributed by atoms with van der Waals surface area (Å²) in [7, 11) is 0. The molecule has 1 fully saturated rings. The van der Waals surface area contributed by atoms with E-state index in [2.05, 4.69) is 16.2 Å². The normalized spacial score (nSPS) is 19.6. The summed E-state index contributed by atoms with van der Waals surface area (Å²) in [5.41, 5.74) is 7.60. The summed E-state index contributed by atoms with van der Waals surface area (Å²) in [5.74, 6) is 0.0764. The molecule has 0 atom stereocenters. The zero-order valence-corrected chi connectivity index (χ0v) is 9.11. The lowest BCUT2D eigenvalue weighted by Crippen LogP contribution is -2.29. The predicted octanol–water partition coefficient (Wildman–Crippen LogP) is 0.673. The molecule has 1 aliphatic heterocycles. The fourth-order valence-corrected chi connectivity index (χ4v) is 1.22. The van der Waals surface area contributed by atoms with Gasteiger partial charge in [0.25, 0.3) is 5.91 Å². The van der Waals surface area contributed by atoms with E-state index in [0.29, 0.717) is 12.6 Å². The van der Waals surface area contributed by atoms with Gasteiger partial charge in [-0.2, -0.15) is 0 Å². The van der Waals surface area contributed by atoms with Gasteiger partial charge in [-0.15, -0.1) is 0 Å². The molecule has 1 amide bonds. The molecule has 4 heteroatoms. The molecule has 3 N–H and O–H groups in total. The van der Waals surface area contributed by atoms with Gasteiger partial charge in [0.05, 0.1) is 5.57 Å². The van der Waals surface area contributed by atoms with Gasteiger partial charge in [-0.25, -0.2) is 5.43 Å². The number of rotatable bonds is 2. The second-order valence-electron chi connectivity index (χ2n) is 3.33. The lowest BCUT2D eigenvalue weighted by atomic mass is 10.2. The van der Waals surface area contributed by atoms with Crippen LogP contribution in [0.3, 0.4) is 0 Å². The highest BCUT2D eigenvalue weighted by molar-refractivity contribution is 5.95. The number of hydrazine groups is 1. The van der Waals surface area contributed by atoms with Crippen molar-refractivity contribution in [3.05, 3.63) is 11.3 Å². The number of hydrogen-bond donors (Lipinski definition) is 3. The molecule has 2 aliphatic rings. The lowest BCUT2D eigenvalue weighted by molar-refractivity contribution is -0.117. The minimum absolute atomic E-state index is 0.0764. The number of allylic oxidation sites excluding steroid dienone is 1. The highest BCUT2D eigenvalue weighted by atomic mass is 16.1. The van der Waals surface area contributed by atoms with E-state index in [4.69, 9.17) is 0 Å². The van der Waals surface area contributed by atoms with Crippen LogP contribution in [0.4, 0.5) is 0 Å². The Hall–Kier alpha value is -1.03. The standard InChI is InChI=1S/C8H13N3O.C2H6/c1-5-7(4-9-11-5)8(12)10-6-2-3-6;1-2/h6,9,11H,2-4H2,1H3,(H,10,12);1-2H3. The highest BCUT2D eigenvalue weighted by Crippen LogP contribution is 2.19. The largest absolute Gasteiger partial charge is 0.349 e. The Labute approximate surface area is 85.1 Å². The summed E-state index contributed by atoms with van der Waals surface area (Å²) in [6, 6.07) is 0.443. The molecule has 0 radical (unpaired) electrons. The molecular formula is C10H19N3O. The molecular weight excluding hydrogens is 178 g/mol. The Morgan fingerprint density at radius 1 is 1.43 bits per heavy atom. The Morgan fingerprint density at radius 2 is 2.07 bits per heavy atom. The summed E-state index contributed by atoms with van der Waals surface area (Å²) in [5, 5.41) is 2.95. The van der Waals surface area contributed by atoms with Crippen molar-refractivity contribution in [1.82, 2.24) is 16.2 Å². The van der Waals surface area contributed by atoms with E-state index < -0.39 is 0 Å². The Bertz CT molecular complexity index is 244. The fraction of sp³-hybridized carbons (Fsp3) is 0.700. The average molecular weight is 197 g/mol. The summed E-state index contributed by atoms with van der Waals surface area (Å²) < 4.78 is 0. The van der Waals surface area contributed by atoms with Crippen molar-refractivity contribution in [2.75, 3.05) is 6.54 Å². The van der Waals surface area contributed by atoms with Crippen molar-refractivity contribution in [3.8, 4) is 0 Å². The van der Waals surface area contributed by atoms with Crippen molar-refractivity contribution in [2.24, 2.45) is 0 Å². The van der Waals surface area contributed by atoms with Crippen molar-refractivity contribution in [2.45, 2.75) is 39.7 Å². The van der Waals surface area contributed by atoms with E-state index >= 15 is 0 Å². The highest BCUT2D eigenvalue weighted by Gasteiger charge is 2.26. The third-order valence-electron chi connectivity index (χ3n) is 2.18. The molecule has 80 valence electrons. The number of hydrogen-bond acceptors (Lipinski definition) is 3.